The molecular weight excluding hydrogens is 318 g/mol. The van der Waals surface area contributed by atoms with E-state index >= 15 is 0 Å². The van der Waals surface area contributed by atoms with Crippen LogP contribution in [0, 0.1) is 0 Å². The van der Waals surface area contributed by atoms with Crippen LogP contribution >= 0.6 is 23.1 Å². The summed E-state index contributed by atoms with van der Waals surface area (Å²) in [6, 6.07) is 0. The highest BCUT2D eigenvalue weighted by atomic mass is 32.2. The number of hydrogen-bond donors (Lipinski definition) is 3. The van der Waals surface area contributed by atoms with Gasteiger partial charge in [-0.3, -0.25) is 0 Å². The third-order valence-corrected chi connectivity index (χ3v) is 5.73. The van der Waals surface area contributed by atoms with E-state index in [1.54, 1.807) is 11.3 Å². The molecule has 3 aromatic heterocycles. The first-order valence-corrected chi connectivity index (χ1v) is 8.88. The molecule has 0 atom stereocenters. The Bertz CT molecular complexity index is 838. The molecule has 22 heavy (non-hydrogen) atoms. The molecule has 5 N–H and O–H groups in total. The Balaban J connectivity index is 1.65. The molecule has 0 aliphatic heterocycles. The Labute approximate surface area is 134 Å². The molecule has 0 aromatic carbocycles. The number of H-pyrrole nitrogens is 1. The predicted octanol–water partition coefficient (Wildman–Crippen LogP) is 2.14. The molecule has 0 radical (unpaired) electrons. The lowest BCUT2D eigenvalue weighted by Gasteiger charge is -2.10. The topological polar surface area (TPSA) is 119 Å². The molecule has 114 valence electrons. The second-order valence-electron chi connectivity index (χ2n) is 5.21. The highest BCUT2D eigenvalue weighted by Crippen LogP contribution is 2.38. The van der Waals surface area contributed by atoms with Crippen LogP contribution < -0.4 is 11.5 Å². The molecule has 4 rings (SSSR count). The summed E-state index contributed by atoms with van der Waals surface area (Å²) < 4.78 is 0. The van der Waals surface area contributed by atoms with Crippen molar-refractivity contribution in [2.24, 2.45) is 0 Å². The van der Waals surface area contributed by atoms with E-state index in [1.807, 2.05) is 0 Å². The smallest absolute Gasteiger partial charge is 0.216 e. The molecule has 3 heterocycles. The van der Waals surface area contributed by atoms with Gasteiger partial charge >= 0.3 is 0 Å². The molecule has 0 bridgehead atoms. The molecule has 0 saturated heterocycles. The summed E-state index contributed by atoms with van der Waals surface area (Å²) in [5.41, 5.74) is 13.1. The monoisotopic (exact) mass is 333 g/mol. The first-order valence-electron chi connectivity index (χ1n) is 7.08. The van der Waals surface area contributed by atoms with Gasteiger partial charge in [0.1, 0.15) is 16.5 Å². The lowest BCUT2D eigenvalue weighted by molar-refractivity contribution is 0.700. The quantitative estimate of drug-likeness (QED) is 0.628. The maximum Gasteiger partial charge on any atom is 0.216 e. The molecule has 7 nitrogen and oxygen atoms in total. The average Bonchev–Trinajstić information content (AvgIpc) is 3.08. The zero-order chi connectivity index (χ0) is 15.1. The summed E-state index contributed by atoms with van der Waals surface area (Å²) in [5, 5.41) is 8.25. The summed E-state index contributed by atoms with van der Waals surface area (Å²) in [7, 11) is 0. The van der Waals surface area contributed by atoms with Crippen LogP contribution in [0.4, 0.5) is 11.8 Å². The summed E-state index contributed by atoms with van der Waals surface area (Å²) >= 11 is 3.19. The Kier molecular flexibility index (Phi) is 3.38. The molecule has 0 amide bonds. The van der Waals surface area contributed by atoms with Gasteiger partial charge in [0.2, 0.25) is 11.1 Å². The largest absolute Gasteiger partial charge is 0.383 e. The van der Waals surface area contributed by atoms with Gasteiger partial charge in [0.25, 0.3) is 0 Å². The van der Waals surface area contributed by atoms with Gasteiger partial charge in [-0.1, -0.05) is 11.8 Å². The zero-order valence-electron chi connectivity index (χ0n) is 11.8. The Morgan fingerprint density at radius 2 is 2.00 bits per heavy atom. The predicted molar refractivity (Wildman–Crippen MR) is 88.8 cm³/mol. The summed E-state index contributed by atoms with van der Waals surface area (Å²) in [5.74, 6) is 2.18. The van der Waals surface area contributed by atoms with Gasteiger partial charge in [0.15, 0.2) is 0 Å². The van der Waals surface area contributed by atoms with Gasteiger partial charge in [-0.25, -0.2) is 15.1 Å². The Hall–Kier alpha value is -1.87. The van der Waals surface area contributed by atoms with E-state index in [0.29, 0.717) is 28.5 Å². The summed E-state index contributed by atoms with van der Waals surface area (Å²) in [6.45, 7) is 0. The van der Waals surface area contributed by atoms with E-state index in [4.69, 9.17) is 11.5 Å². The fraction of sp³-hybridized carbons (Fsp3) is 0.385. The van der Waals surface area contributed by atoms with Crippen molar-refractivity contribution in [3.05, 3.63) is 16.3 Å². The van der Waals surface area contributed by atoms with E-state index in [0.717, 1.165) is 23.1 Å². The van der Waals surface area contributed by atoms with E-state index in [-0.39, 0.29) is 0 Å². The number of rotatable bonds is 3. The van der Waals surface area contributed by atoms with Crippen LogP contribution in [-0.4, -0.2) is 25.1 Å². The van der Waals surface area contributed by atoms with Crippen molar-refractivity contribution in [2.75, 3.05) is 11.5 Å². The van der Waals surface area contributed by atoms with Crippen molar-refractivity contribution in [1.82, 2.24) is 25.1 Å². The molecule has 1 aliphatic carbocycles. The minimum atomic E-state index is 0.310. The molecule has 9 heteroatoms. The number of fused-ring (bicyclic) bond motifs is 3. The Morgan fingerprint density at radius 1 is 1.14 bits per heavy atom. The second kappa shape index (κ2) is 5.40. The number of nitrogens with two attached hydrogens (primary N) is 2. The van der Waals surface area contributed by atoms with Gasteiger partial charge < -0.3 is 11.5 Å². The minimum absolute atomic E-state index is 0.310. The van der Waals surface area contributed by atoms with Crippen LogP contribution in [0.3, 0.4) is 0 Å². The van der Waals surface area contributed by atoms with Crippen LogP contribution in [0.15, 0.2) is 5.16 Å². The van der Waals surface area contributed by atoms with Crippen molar-refractivity contribution >= 4 is 45.1 Å². The van der Waals surface area contributed by atoms with Gasteiger partial charge in [-0.2, -0.15) is 4.98 Å². The van der Waals surface area contributed by atoms with Crippen LogP contribution in [0.2, 0.25) is 0 Å². The summed E-state index contributed by atoms with van der Waals surface area (Å²) in [4.78, 5) is 15.6. The number of anilines is 2. The van der Waals surface area contributed by atoms with Crippen molar-refractivity contribution in [2.45, 2.75) is 36.6 Å². The number of aryl methyl sites for hydroxylation is 2. The first kappa shape index (κ1) is 13.8. The zero-order valence-corrected chi connectivity index (χ0v) is 13.4. The number of thiophene rings is 1. The number of nitrogens with zero attached hydrogens (tertiary/aromatic N) is 4. The molecule has 0 spiro atoms. The van der Waals surface area contributed by atoms with Crippen LogP contribution in [0.25, 0.3) is 10.2 Å². The van der Waals surface area contributed by atoms with Crippen molar-refractivity contribution in [1.29, 1.82) is 0 Å². The maximum atomic E-state index is 6.19. The van der Waals surface area contributed by atoms with Gasteiger partial charge in [0, 0.05) is 4.88 Å². The number of hydrogen-bond acceptors (Lipinski definition) is 8. The second-order valence-corrected chi connectivity index (χ2v) is 7.23. The Morgan fingerprint density at radius 3 is 2.82 bits per heavy atom. The van der Waals surface area contributed by atoms with Crippen molar-refractivity contribution in [3.8, 4) is 0 Å². The lowest BCUT2D eigenvalue weighted by Crippen LogP contribution is -2.02. The van der Waals surface area contributed by atoms with E-state index in [2.05, 4.69) is 25.1 Å². The van der Waals surface area contributed by atoms with E-state index in [1.165, 1.54) is 35.0 Å². The average molecular weight is 333 g/mol. The molecule has 0 fully saturated rings. The van der Waals surface area contributed by atoms with Crippen LogP contribution in [0.5, 0.6) is 0 Å². The number of nitrogen functional groups attached to an aromatic ring is 2. The summed E-state index contributed by atoms with van der Waals surface area (Å²) in [6.07, 6.45) is 4.70. The number of aromatic amines is 1. The fourth-order valence-electron chi connectivity index (χ4n) is 2.75. The van der Waals surface area contributed by atoms with Crippen molar-refractivity contribution in [3.63, 3.8) is 0 Å². The third kappa shape index (κ3) is 2.40. The fourth-order valence-corrected chi connectivity index (χ4v) is 4.70. The van der Waals surface area contributed by atoms with E-state index < -0.39 is 0 Å². The van der Waals surface area contributed by atoms with Gasteiger partial charge in [-0.05, 0) is 31.2 Å². The minimum Gasteiger partial charge on any atom is -0.383 e. The third-order valence-electron chi connectivity index (χ3n) is 3.70. The molecule has 3 aromatic rings. The highest BCUT2D eigenvalue weighted by molar-refractivity contribution is 7.98. The number of nitrogens with one attached hydrogen (secondary N) is 1. The molecule has 0 unspecified atom stereocenters. The molecule has 1 aliphatic rings. The van der Waals surface area contributed by atoms with Crippen molar-refractivity contribution < 1.29 is 0 Å². The SMILES string of the molecule is Nc1nc(SCc2nc(N)c3c4c(sc3n2)CCCC4)n[nH]1. The normalized spacial score (nSPS) is 14.4. The molecular formula is C13H15N7S2. The van der Waals surface area contributed by atoms with Crippen LogP contribution in [0.1, 0.15) is 29.1 Å². The first-order chi connectivity index (χ1) is 10.7. The number of thioether (sulfide) groups is 1. The number of aromatic nitrogens is 5. The lowest BCUT2D eigenvalue weighted by atomic mass is 9.97. The van der Waals surface area contributed by atoms with Gasteiger partial charge in [-0.15, -0.1) is 16.4 Å². The standard InChI is InChI=1S/C13H15N7S2/c14-10-9-6-3-1-2-4-7(6)22-11(9)17-8(16-10)5-21-13-18-12(15)19-20-13/h1-5H2,(H2,14,16,17)(H3,15,18,19,20). The van der Waals surface area contributed by atoms with Crippen LogP contribution in [-0.2, 0) is 18.6 Å². The molecule has 0 saturated carbocycles. The van der Waals surface area contributed by atoms with E-state index in [9.17, 15) is 0 Å². The van der Waals surface area contributed by atoms with Gasteiger partial charge in [0.05, 0.1) is 11.1 Å². The maximum absolute atomic E-state index is 6.19. The highest BCUT2D eigenvalue weighted by Gasteiger charge is 2.20.